The summed E-state index contributed by atoms with van der Waals surface area (Å²) in [5.74, 6) is -0.483. The molecule has 0 saturated carbocycles. The summed E-state index contributed by atoms with van der Waals surface area (Å²) < 4.78 is 66.1. The molecule has 11 heteroatoms. The van der Waals surface area contributed by atoms with E-state index < -0.39 is 41.4 Å². The minimum absolute atomic E-state index is 0.148. The Bertz CT molecular complexity index is 878. The predicted octanol–water partition coefficient (Wildman–Crippen LogP) is 3.78. The fourth-order valence-corrected chi connectivity index (χ4v) is 2.30. The zero-order valence-electron chi connectivity index (χ0n) is 14.1. The number of halogens is 5. The third-order valence-electron chi connectivity index (χ3n) is 3.49. The van der Waals surface area contributed by atoms with Crippen LogP contribution in [0.1, 0.15) is 29.9 Å². The molecule has 0 aliphatic rings. The molecule has 1 heterocycles. The second kappa shape index (κ2) is 7.72. The summed E-state index contributed by atoms with van der Waals surface area (Å²) in [6.07, 6.45) is -7.99. The molecule has 1 unspecified atom stereocenters. The number of hydrogen-bond donors (Lipinski definition) is 3. The van der Waals surface area contributed by atoms with Crippen molar-refractivity contribution in [3.8, 4) is 5.75 Å². The molecule has 0 fully saturated rings. The molecule has 6 nitrogen and oxygen atoms in total. The van der Waals surface area contributed by atoms with Crippen molar-refractivity contribution in [3.05, 3.63) is 51.6 Å². The number of H-pyrrole nitrogens is 1. The summed E-state index contributed by atoms with van der Waals surface area (Å²) >= 11 is 0. The Morgan fingerprint density at radius 1 is 1.26 bits per heavy atom. The molecule has 0 saturated heterocycles. The van der Waals surface area contributed by atoms with Crippen LogP contribution in [-0.4, -0.2) is 28.5 Å². The van der Waals surface area contributed by atoms with Crippen molar-refractivity contribution in [1.29, 1.82) is 5.41 Å². The van der Waals surface area contributed by atoms with Gasteiger partial charge in [-0.1, -0.05) is 12.1 Å². The highest BCUT2D eigenvalue weighted by Crippen LogP contribution is 2.26. The molecule has 0 amide bonds. The minimum atomic E-state index is -4.82. The Kier molecular flexibility index (Phi) is 5.82. The van der Waals surface area contributed by atoms with Crippen molar-refractivity contribution in [2.75, 3.05) is 5.32 Å². The molecule has 0 aliphatic heterocycles. The molecule has 27 heavy (non-hydrogen) atoms. The molecule has 146 valence electrons. The van der Waals surface area contributed by atoms with Crippen molar-refractivity contribution < 1.29 is 26.7 Å². The van der Waals surface area contributed by atoms with E-state index in [4.69, 9.17) is 5.41 Å². The van der Waals surface area contributed by atoms with Crippen molar-refractivity contribution >= 4 is 11.5 Å². The zero-order valence-corrected chi connectivity index (χ0v) is 14.1. The molecule has 2 rings (SSSR count). The average Bonchev–Trinajstić information content (AvgIpc) is 2.52. The van der Waals surface area contributed by atoms with Crippen molar-refractivity contribution in [1.82, 2.24) is 9.97 Å². The molecule has 0 bridgehead atoms. The first-order valence-corrected chi connectivity index (χ1v) is 7.58. The van der Waals surface area contributed by atoms with E-state index >= 15 is 0 Å². The summed E-state index contributed by atoms with van der Waals surface area (Å²) in [5.41, 5.74) is -2.19. The molecule has 1 aromatic carbocycles. The lowest BCUT2D eigenvalue weighted by Crippen LogP contribution is -2.27. The predicted molar refractivity (Wildman–Crippen MR) is 87.6 cm³/mol. The van der Waals surface area contributed by atoms with E-state index in [1.807, 2.05) is 0 Å². The van der Waals surface area contributed by atoms with E-state index in [0.717, 1.165) is 12.1 Å². The summed E-state index contributed by atoms with van der Waals surface area (Å²) in [6.45, 7) is 3.03. The minimum Gasteiger partial charge on any atom is -0.406 e. The second-order valence-electron chi connectivity index (χ2n) is 5.57. The van der Waals surface area contributed by atoms with Gasteiger partial charge in [0.1, 0.15) is 28.7 Å². The average molecular weight is 390 g/mol. The van der Waals surface area contributed by atoms with Crippen LogP contribution in [0.15, 0.2) is 29.1 Å². The van der Waals surface area contributed by atoms with Gasteiger partial charge in [0.05, 0.1) is 0 Å². The van der Waals surface area contributed by atoms with E-state index in [2.05, 4.69) is 20.0 Å². The van der Waals surface area contributed by atoms with E-state index in [-0.39, 0.29) is 11.6 Å². The number of aryl methyl sites for hydroxylation is 1. The van der Waals surface area contributed by atoms with Crippen molar-refractivity contribution in [2.24, 2.45) is 0 Å². The lowest BCUT2D eigenvalue weighted by molar-refractivity contribution is -0.274. The quantitative estimate of drug-likeness (QED) is 0.517. The van der Waals surface area contributed by atoms with Gasteiger partial charge >= 0.3 is 6.36 Å². The lowest BCUT2D eigenvalue weighted by atomic mass is 10.1. The number of rotatable bonds is 6. The van der Waals surface area contributed by atoms with Gasteiger partial charge in [0.25, 0.3) is 12.0 Å². The SMILES string of the molecule is Cc1nc(NC(C)c2ccc(OC(F)(F)F)cc2)c(C(=N)C(F)F)c(=O)[nH]1. The Balaban J connectivity index is 2.29. The van der Waals surface area contributed by atoms with Gasteiger partial charge in [0.15, 0.2) is 0 Å². The van der Waals surface area contributed by atoms with Crippen LogP contribution in [0.2, 0.25) is 0 Å². The number of anilines is 1. The largest absolute Gasteiger partial charge is 0.573 e. The summed E-state index contributed by atoms with van der Waals surface area (Å²) in [4.78, 5) is 18.2. The zero-order chi connectivity index (χ0) is 20.4. The van der Waals surface area contributed by atoms with Gasteiger partial charge in [0, 0.05) is 6.04 Å². The van der Waals surface area contributed by atoms with E-state index in [9.17, 15) is 26.7 Å². The van der Waals surface area contributed by atoms with Crippen LogP contribution >= 0.6 is 0 Å². The standard InChI is InChI=1S/C16H15F5N4O2/c1-7(9-3-5-10(6-4-9)27-16(19,20)21)23-14-11(12(22)13(17)18)15(26)25-8(2)24-14/h3-7,13,22H,1-2H3,(H2,23,24,25,26). The Hall–Kier alpha value is -2.98. The van der Waals surface area contributed by atoms with Crippen LogP contribution in [0.25, 0.3) is 0 Å². The summed E-state index contributed by atoms with van der Waals surface area (Å²) in [6, 6.07) is 4.27. The number of nitrogens with one attached hydrogen (secondary N) is 3. The highest BCUT2D eigenvalue weighted by atomic mass is 19.4. The van der Waals surface area contributed by atoms with Gasteiger partial charge in [-0.15, -0.1) is 13.2 Å². The third-order valence-corrected chi connectivity index (χ3v) is 3.49. The van der Waals surface area contributed by atoms with Crippen LogP contribution < -0.4 is 15.6 Å². The van der Waals surface area contributed by atoms with Crippen LogP contribution in [0.3, 0.4) is 0 Å². The fourth-order valence-electron chi connectivity index (χ4n) is 2.30. The van der Waals surface area contributed by atoms with Crippen LogP contribution in [0.4, 0.5) is 27.8 Å². The van der Waals surface area contributed by atoms with Gasteiger partial charge < -0.3 is 15.0 Å². The highest BCUT2D eigenvalue weighted by molar-refractivity contribution is 6.04. The smallest absolute Gasteiger partial charge is 0.406 e. The first-order valence-electron chi connectivity index (χ1n) is 7.58. The number of aromatic nitrogens is 2. The van der Waals surface area contributed by atoms with E-state index in [1.165, 1.54) is 19.1 Å². The number of ether oxygens (including phenoxy) is 1. The molecule has 0 radical (unpaired) electrons. The molecular weight excluding hydrogens is 375 g/mol. The first kappa shape index (κ1) is 20.3. The highest BCUT2D eigenvalue weighted by Gasteiger charge is 2.31. The second-order valence-corrected chi connectivity index (χ2v) is 5.57. The summed E-state index contributed by atoms with van der Waals surface area (Å²) in [5, 5.41) is 10.2. The topological polar surface area (TPSA) is 90.9 Å². The number of nitrogens with zero attached hydrogens (tertiary/aromatic N) is 1. The van der Waals surface area contributed by atoms with Gasteiger partial charge in [0.2, 0.25) is 0 Å². The molecule has 1 atom stereocenters. The lowest BCUT2D eigenvalue weighted by Gasteiger charge is -2.18. The monoisotopic (exact) mass is 390 g/mol. The maximum atomic E-state index is 12.9. The first-order chi connectivity index (χ1) is 12.5. The molecule has 3 N–H and O–H groups in total. The van der Waals surface area contributed by atoms with Crippen LogP contribution in [0.5, 0.6) is 5.75 Å². The summed E-state index contributed by atoms with van der Waals surface area (Å²) in [7, 11) is 0. The molecule has 2 aromatic rings. The maximum absolute atomic E-state index is 12.9. The van der Waals surface area contributed by atoms with Crippen molar-refractivity contribution in [2.45, 2.75) is 32.7 Å². The number of benzene rings is 1. The van der Waals surface area contributed by atoms with Gasteiger partial charge in [-0.2, -0.15) is 0 Å². The number of alkyl halides is 5. The normalized spacial score (nSPS) is 12.7. The van der Waals surface area contributed by atoms with E-state index in [0.29, 0.717) is 5.56 Å². The molecule has 0 spiro atoms. The Morgan fingerprint density at radius 2 is 1.85 bits per heavy atom. The van der Waals surface area contributed by atoms with Gasteiger partial charge in [-0.3, -0.25) is 10.2 Å². The van der Waals surface area contributed by atoms with E-state index in [1.54, 1.807) is 6.92 Å². The van der Waals surface area contributed by atoms with Crippen LogP contribution in [-0.2, 0) is 0 Å². The van der Waals surface area contributed by atoms with Gasteiger partial charge in [-0.25, -0.2) is 13.8 Å². The maximum Gasteiger partial charge on any atom is 0.573 e. The number of hydrogen-bond acceptors (Lipinski definition) is 5. The molecular formula is C16H15F5N4O2. The third kappa shape index (κ3) is 5.25. The van der Waals surface area contributed by atoms with Crippen molar-refractivity contribution in [3.63, 3.8) is 0 Å². The van der Waals surface area contributed by atoms with Crippen LogP contribution in [0, 0.1) is 12.3 Å². The Morgan fingerprint density at radius 3 is 2.37 bits per heavy atom. The fraction of sp³-hybridized carbons (Fsp3) is 0.312. The Labute approximate surface area is 149 Å². The van der Waals surface area contributed by atoms with Gasteiger partial charge in [-0.05, 0) is 31.5 Å². The molecule has 0 aliphatic carbocycles. The number of aromatic amines is 1. The molecule has 1 aromatic heterocycles.